The zero-order chi connectivity index (χ0) is 25.1. The molecule has 0 radical (unpaired) electrons. The van der Waals surface area contributed by atoms with Crippen molar-refractivity contribution in [2.45, 2.75) is 0 Å². The molecule has 0 N–H and O–H groups in total. The average molecular weight is 557 g/mol. The molecule has 4 aromatic carbocycles. The second-order valence-corrected chi connectivity index (χ2v) is 13.7. The van der Waals surface area contributed by atoms with Crippen molar-refractivity contribution in [2.75, 3.05) is 0 Å². The van der Waals surface area contributed by atoms with Crippen LogP contribution in [0.3, 0.4) is 0 Å². The third-order valence-corrected chi connectivity index (χ3v) is 11.5. The first-order valence-electron chi connectivity index (χ1n) is 12.5. The molecule has 0 atom stereocenters. The van der Waals surface area contributed by atoms with Gasteiger partial charge in [-0.15, -0.1) is 45.3 Å². The summed E-state index contributed by atoms with van der Waals surface area (Å²) < 4.78 is 5.31. The van der Waals surface area contributed by atoms with E-state index in [0.717, 1.165) is 0 Å². The van der Waals surface area contributed by atoms with Crippen molar-refractivity contribution in [3.05, 3.63) is 141 Å². The lowest BCUT2D eigenvalue weighted by Gasteiger charge is -2.11. The molecular formula is C34H20S4. The van der Waals surface area contributed by atoms with Crippen LogP contribution in [-0.2, 0) is 0 Å². The van der Waals surface area contributed by atoms with Gasteiger partial charge in [-0.1, -0.05) is 72.8 Å². The lowest BCUT2D eigenvalue weighted by atomic mass is 10.00. The molecule has 0 nitrogen and oxygen atoms in total. The minimum absolute atomic E-state index is 1.30. The van der Waals surface area contributed by atoms with Gasteiger partial charge in [0.05, 0.1) is 0 Å². The number of hydrogen-bond donors (Lipinski definition) is 0. The van der Waals surface area contributed by atoms with Gasteiger partial charge in [0.25, 0.3) is 0 Å². The minimum atomic E-state index is 1.30. The molecule has 0 aliphatic heterocycles. The van der Waals surface area contributed by atoms with E-state index in [0.29, 0.717) is 0 Å². The largest absolute Gasteiger partial charge is 0.135 e. The second kappa shape index (κ2) is 9.04. The molecule has 8 rings (SSSR count). The predicted molar refractivity (Wildman–Crippen MR) is 172 cm³/mol. The molecule has 0 saturated carbocycles. The van der Waals surface area contributed by atoms with Crippen LogP contribution in [-0.4, -0.2) is 0 Å². The Morgan fingerprint density at radius 2 is 0.553 bits per heavy atom. The summed E-state index contributed by atoms with van der Waals surface area (Å²) in [7, 11) is 0. The Kier molecular flexibility index (Phi) is 5.34. The van der Waals surface area contributed by atoms with Crippen LogP contribution in [0, 0.1) is 0 Å². The monoisotopic (exact) mass is 556 g/mol. The number of rotatable bonds is 4. The standard InChI is InChI=1S/C34H20S4/c1-5-13-25-21(9-1)17-29(35-25)33(30-18-22-10-2-6-14-26(22)36-30)34(31-19-23-11-3-7-15-27(23)37-31)32-20-24-12-4-8-16-28(24)38-32/h1-20H. The van der Waals surface area contributed by atoms with Crippen LogP contribution in [0.5, 0.6) is 0 Å². The number of hydrogen-bond acceptors (Lipinski definition) is 4. The zero-order valence-electron chi connectivity index (χ0n) is 20.2. The fourth-order valence-corrected chi connectivity index (χ4v) is 9.80. The molecule has 0 aliphatic rings. The minimum Gasteiger partial charge on any atom is -0.135 e. The van der Waals surface area contributed by atoms with E-state index in [-0.39, 0.29) is 0 Å². The molecule has 4 heteroatoms. The predicted octanol–water partition coefficient (Wildman–Crippen LogP) is 11.6. The first-order chi connectivity index (χ1) is 18.8. The van der Waals surface area contributed by atoms with Gasteiger partial charge in [-0.05, 0) is 70.1 Å². The van der Waals surface area contributed by atoms with Crippen LogP contribution in [0.15, 0.2) is 121 Å². The summed E-state index contributed by atoms with van der Waals surface area (Å²) in [6.07, 6.45) is 0. The van der Waals surface area contributed by atoms with E-state index in [4.69, 9.17) is 0 Å². The molecule has 38 heavy (non-hydrogen) atoms. The quantitative estimate of drug-likeness (QED) is 0.202. The van der Waals surface area contributed by atoms with E-state index in [1.54, 1.807) is 0 Å². The Morgan fingerprint density at radius 1 is 0.316 bits per heavy atom. The Morgan fingerprint density at radius 3 is 0.789 bits per heavy atom. The first-order valence-corrected chi connectivity index (χ1v) is 15.8. The highest BCUT2D eigenvalue weighted by Crippen LogP contribution is 2.48. The fourth-order valence-electron chi connectivity index (χ4n) is 5.16. The summed E-state index contributed by atoms with van der Waals surface area (Å²) in [5.41, 5.74) is 2.68. The van der Waals surface area contributed by atoms with Crippen LogP contribution < -0.4 is 0 Å². The fraction of sp³-hybridized carbons (Fsp3) is 0. The highest BCUT2D eigenvalue weighted by molar-refractivity contribution is 7.24. The SMILES string of the molecule is c1ccc2sc(C(=C(c3cc4ccccc4s3)c3cc4ccccc4s3)c3cc4ccccc4s3)cc2c1. The molecule has 0 saturated heterocycles. The molecule has 4 aromatic heterocycles. The van der Waals surface area contributed by atoms with E-state index in [2.05, 4.69) is 121 Å². The summed E-state index contributed by atoms with van der Waals surface area (Å²) in [5.74, 6) is 0. The van der Waals surface area contributed by atoms with E-state index in [1.807, 2.05) is 45.3 Å². The highest BCUT2D eigenvalue weighted by atomic mass is 32.1. The van der Waals surface area contributed by atoms with Crippen molar-refractivity contribution in [3.63, 3.8) is 0 Å². The number of fused-ring (bicyclic) bond motifs is 4. The molecule has 8 aromatic rings. The van der Waals surface area contributed by atoms with Crippen molar-refractivity contribution in [1.82, 2.24) is 0 Å². The molecule has 0 bridgehead atoms. The molecular weight excluding hydrogens is 537 g/mol. The molecule has 0 unspecified atom stereocenters. The zero-order valence-corrected chi connectivity index (χ0v) is 23.4. The Hall–Kier alpha value is -3.54. The molecule has 4 heterocycles. The van der Waals surface area contributed by atoms with E-state index in [9.17, 15) is 0 Å². The van der Waals surface area contributed by atoms with Gasteiger partial charge in [-0.25, -0.2) is 0 Å². The van der Waals surface area contributed by atoms with Gasteiger partial charge in [0, 0.05) is 49.5 Å². The Bertz CT molecular complexity index is 1710. The molecule has 180 valence electrons. The molecule has 0 spiro atoms. The second-order valence-electron chi connectivity index (χ2n) is 9.34. The van der Waals surface area contributed by atoms with Crippen LogP contribution in [0.25, 0.3) is 51.5 Å². The summed E-state index contributed by atoms with van der Waals surface area (Å²) in [5, 5.41) is 5.22. The lowest BCUT2D eigenvalue weighted by Crippen LogP contribution is -1.90. The highest BCUT2D eigenvalue weighted by Gasteiger charge is 2.23. The van der Waals surface area contributed by atoms with E-state index >= 15 is 0 Å². The Balaban J connectivity index is 1.52. The summed E-state index contributed by atoms with van der Waals surface area (Å²) in [4.78, 5) is 5.29. The van der Waals surface area contributed by atoms with Crippen molar-refractivity contribution in [2.24, 2.45) is 0 Å². The van der Waals surface area contributed by atoms with Crippen molar-refractivity contribution >= 4 is 96.8 Å². The third kappa shape index (κ3) is 3.76. The summed E-state index contributed by atoms with van der Waals surface area (Å²) in [6.45, 7) is 0. The summed E-state index contributed by atoms with van der Waals surface area (Å²) in [6, 6.07) is 44.6. The van der Waals surface area contributed by atoms with E-state index in [1.165, 1.54) is 71.0 Å². The Labute approximate surface area is 236 Å². The third-order valence-electron chi connectivity index (χ3n) is 6.94. The van der Waals surface area contributed by atoms with Gasteiger partial charge in [0.2, 0.25) is 0 Å². The van der Waals surface area contributed by atoms with Crippen molar-refractivity contribution in [3.8, 4) is 0 Å². The van der Waals surface area contributed by atoms with Crippen LogP contribution >= 0.6 is 45.3 Å². The average Bonchev–Trinajstić information content (AvgIpc) is 3.73. The van der Waals surface area contributed by atoms with Gasteiger partial charge in [0.15, 0.2) is 0 Å². The van der Waals surface area contributed by atoms with Gasteiger partial charge in [-0.3, -0.25) is 0 Å². The van der Waals surface area contributed by atoms with Crippen LogP contribution in [0.1, 0.15) is 19.5 Å². The molecule has 0 amide bonds. The van der Waals surface area contributed by atoms with Crippen molar-refractivity contribution in [1.29, 1.82) is 0 Å². The van der Waals surface area contributed by atoms with Crippen molar-refractivity contribution < 1.29 is 0 Å². The normalized spacial score (nSPS) is 11.7. The van der Waals surface area contributed by atoms with E-state index < -0.39 is 0 Å². The van der Waals surface area contributed by atoms with Crippen LogP contribution in [0.4, 0.5) is 0 Å². The first kappa shape index (κ1) is 22.4. The van der Waals surface area contributed by atoms with Crippen LogP contribution in [0.2, 0.25) is 0 Å². The smallest absolute Gasteiger partial charge is 0.0376 e. The number of benzene rings is 4. The molecule has 0 fully saturated rings. The number of thiophene rings is 4. The molecule has 0 aliphatic carbocycles. The van der Waals surface area contributed by atoms with Gasteiger partial charge in [-0.2, -0.15) is 0 Å². The van der Waals surface area contributed by atoms with Gasteiger partial charge in [0.1, 0.15) is 0 Å². The maximum atomic E-state index is 2.39. The maximum Gasteiger partial charge on any atom is 0.0376 e. The maximum absolute atomic E-state index is 2.39. The lowest BCUT2D eigenvalue weighted by molar-refractivity contribution is 1.75. The van der Waals surface area contributed by atoms with Gasteiger partial charge >= 0.3 is 0 Å². The van der Waals surface area contributed by atoms with Gasteiger partial charge < -0.3 is 0 Å². The summed E-state index contributed by atoms with van der Waals surface area (Å²) >= 11 is 7.60. The topological polar surface area (TPSA) is 0 Å².